The van der Waals surface area contributed by atoms with Crippen LogP contribution in [0.15, 0.2) is 86.8 Å². The number of amides is 2. The molecule has 0 aromatic heterocycles. The molecule has 3 rings (SSSR count). The fraction of sp³-hybridized carbons (Fsp3) is 0. The van der Waals surface area contributed by atoms with Crippen molar-refractivity contribution in [1.82, 2.24) is 5.43 Å². The Labute approximate surface area is 179 Å². The molecule has 0 radical (unpaired) electrons. The van der Waals surface area contributed by atoms with Crippen LogP contribution in [0.5, 0.6) is 0 Å². The van der Waals surface area contributed by atoms with Crippen LogP contribution in [-0.2, 0) is 0 Å². The number of hydrogen-bond acceptors (Lipinski definition) is 3. The summed E-state index contributed by atoms with van der Waals surface area (Å²) in [5, 5.41) is 6.75. The molecule has 5 nitrogen and oxygen atoms in total. The van der Waals surface area contributed by atoms with E-state index in [0.717, 1.165) is 14.5 Å². The largest absolute Gasteiger partial charge is 0.322 e. The van der Waals surface area contributed by atoms with Gasteiger partial charge in [-0.15, -0.1) is 0 Å². The summed E-state index contributed by atoms with van der Waals surface area (Å²) in [7, 11) is 0. The van der Waals surface area contributed by atoms with Gasteiger partial charge in [0.1, 0.15) is 0 Å². The average Bonchev–Trinajstić information content (AvgIpc) is 2.70. The van der Waals surface area contributed by atoms with Gasteiger partial charge in [-0.1, -0.05) is 44.0 Å². The van der Waals surface area contributed by atoms with E-state index in [4.69, 9.17) is 0 Å². The highest BCUT2D eigenvalue weighted by Crippen LogP contribution is 2.14. The van der Waals surface area contributed by atoms with Crippen molar-refractivity contribution in [2.75, 3.05) is 5.32 Å². The summed E-state index contributed by atoms with van der Waals surface area (Å²) in [4.78, 5) is 24.4. The van der Waals surface area contributed by atoms with E-state index in [2.05, 4.69) is 47.7 Å². The van der Waals surface area contributed by atoms with Gasteiger partial charge in [-0.3, -0.25) is 9.59 Å². The molecule has 3 aromatic carbocycles. The quantitative estimate of drug-likeness (QED) is 0.372. The Bertz CT molecular complexity index is 999. The molecular weight excluding hydrogens is 486 g/mol. The number of halogens is 2. The second kappa shape index (κ2) is 9.43. The average molecular weight is 501 g/mol. The first kappa shape index (κ1) is 20.0. The van der Waals surface area contributed by atoms with Crippen LogP contribution < -0.4 is 10.7 Å². The molecule has 0 heterocycles. The van der Waals surface area contributed by atoms with Crippen LogP contribution in [0.4, 0.5) is 5.69 Å². The lowest BCUT2D eigenvalue weighted by Crippen LogP contribution is -2.17. The Morgan fingerprint density at radius 3 is 1.82 bits per heavy atom. The number of carbonyl (C=O) groups is 2. The van der Waals surface area contributed by atoms with E-state index < -0.39 is 0 Å². The molecular formula is C21H15Br2N3O2. The van der Waals surface area contributed by atoms with Crippen molar-refractivity contribution < 1.29 is 9.59 Å². The molecule has 2 N–H and O–H groups in total. The fourth-order valence-electron chi connectivity index (χ4n) is 2.29. The van der Waals surface area contributed by atoms with E-state index in [9.17, 15) is 9.59 Å². The van der Waals surface area contributed by atoms with Crippen LogP contribution in [0.2, 0.25) is 0 Å². The van der Waals surface area contributed by atoms with Gasteiger partial charge in [0.2, 0.25) is 0 Å². The fourth-order valence-corrected chi connectivity index (χ4v) is 2.82. The first-order chi connectivity index (χ1) is 13.5. The van der Waals surface area contributed by atoms with Crippen LogP contribution in [-0.4, -0.2) is 18.0 Å². The molecule has 0 bridgehead atoms. The van der Waals surface area contributed by atoms with Gasteiger partial charge in [0.05, 0.1) is 6.21 Å². The first-order valence-electron chi connectivity index (χ1n) is 8.27. The maximum atomic E-state index is 12.2. The van der Waals surface area contributed by atoms with Crippen molar-refractivity contribution in [1.29, 1.82) is 0 Å². The highest BCUT2D eigenvalue weighted by atomic mass is 79.9. The number of carbonyl (C=O) groups excluding carboxylic acids is 2. The predicted octanol–water partition coefficient (Wildman–Crippen LogP) is 5.23. The van der Waals surface area contributed by atoms with Crippen LogP contribution in [0, 0.1) is 0 Å². The zero-order chi connectivity index (χ0) is 19.9. The van der Waals surface area contributed by atoms with E-state index >= 15 is 0 Å². The third-order valence-corrected chi connectivity index (χ3v) is 4.82. The summed E-state index contributed by atoms with van der Waals surface area (Å²) in [5.41, 5.74) is 4.94. The van der Waals surface area contributed by atoms with Crippen LogP contribution >= 0.6 is 31.9 Å². The van der Waals surface area contributed by atoms with E-state index in [-0.39, 0.29) is 11.8 Å². The van der Waals surface area contributed by atoms with Crippen LogP contribution in [0.3, 0.4) is 0 Å². The second-order valence-electron chi connectivity index (χ2n) is 5.79. The van der Waals surface area contributed by atoms with Crippen molar-refractivity contribution in [3.63, 3.8) is 0 Å². The standard InChI is InChI=1S/C21H15Br2N3O2/c22-17-7-1-14(2-8-17)13-24-26-21(28)16-5-11-19(12-6-16)25-20(27)15-3-9-18(23)10-4-15/h1-13H,(H,25,27)(H,26,28)/b24-13-. The Morgan fingerprint density at radius 1 is 0.714 bits per heavy atom. The number of anilines is 1. The van der Waals surface area contributed by atoms with Crippen molar-refractivity contribution >= 4 is 55.6 Å². The number of nitrogens with zero attached hydrogens (tertiary/aromatic N) is 1. The molecule has 0 atom stereocenters. The predicted molar refractivity (Wildman–Crippen MR) is 118 cm³/mol. The number of nitrogens with one attached hydrogen (secondary N) is 2. The molecule has 3 aromatic rings. The zero-order valence-corrected chi connectivity index (χ0v) is 17.7. The van der Waals surface area contributed by atoms with E-state index in [0.29, 0.717) is 16.8 Å². The molecule has 0 aliphatic heterocycles. The lowest BCUT2D eigenvalue weighted by molar-refractivity contribution is 0.0954. The Kier molecular flexibility index (Phi) is 6.73. The van der Waals surface area contributed by atoms with Crippen LogP contribution in [0.1, 0.15) is 26.3 Å². The third-order valence-electron chi connectivity index (χ3n) is 3.76. The molecule has 0 unspecified atom stereocenters. The summed E-state index contributed by atoms with van der Waals surface area (Å²) >= 11 is 6.70. The minimum Gasteiger partial charge on any atom is -0.322 e. The van der Waals surface area contributed by atoms with Crippen molar-refractivity contribution in [3.8, 4) is 0 Å². The van der Waals surface area contributed by atoms with Gasteiger partial charge in [0.25, 0.3) is 11.8 Å². The topological polar surface area (TPSA) is 70.6 Å². The SMILES string of the molecule is O=C(N/N=C\c1ccc(Br)cc1)c1ccc(NC(=O)c2ccc(Br)cc2)cc1. The van der Waals surface area contributed by atoms with Gasteiger partial charge < -0.3 is 5.32 Å². The van der Waals surface area contributed by atoms with Gasteiger partial charge in [0, 0.05) is 25.8 Å². The summed E-state index contributed by atoms with van der Waals surface area (Å²) in [5.74, 6) is -0.553. The molecule has 0 saturated carbocycles. The van der Waals surface area contributed by atoms with Gasteiger partial charge >= 0.3 is 0 Å². The van der Waals surface area contributed by atoms with Crippen molar-refractivity contribution in [2.45, 2.75) is 0 Å². The van der Waals surface area contributed by atoms with E-state index in [1.54, 1.807) is 54.7 Å². The summed E-state index contributed by atoms with van der Waals surface area (Å²) in [6.45, 7) is 0. The Balaban J connectivity index is 1.57. The molecule has 0 spiro atoms. The van der Waals surface area contributed by atoms with Gasteiger partial charge in [0.15, 0.2) is 0 Å². The van der Waals surface area contributed by atoms with Gasteiger partial charge in [-0.25, -0.2) is 5.43 Å². The minimum absolute atomic E-state index is 0.219. The van der Waals surface area contributed by atoms with Crippen molar-refractivity contribution in [2.24, 2.45) is 5.10 Å². The molecule has 0 fully saturated rings. The van der Waals surface area contributed by atoms with E-state index in [1.807, 2.05) is 24.3 Å². The Hall–Kier alpha value is -2.77. The van der Waals surface area contributed by atoms with Gasteiger partial charge in [-0.05, 0) is 66.2 Å². The zero-order valence-electron chi connectivity index (χ0n) is 14.5. The summed E-state index contributed by atoms with van der Waals surface area (Å²) in [6.07, 6.45) is 1.57. The van der Waals surface area contributed by atoms with Crippen LogP contribution in [0.25, 0.3) is 0 Å². The maximum Gasteiger partial charge on any atom is 0.271 e. The van der Waals surface area contributed by atoms with Gasteiger partial charge in [-0.2, -0.15) is 5.10 Å². The summed E-state index contributed by atoms with van der Waals surface area (Å²) in [6, 6.07) is 21.2. The first-order valence-corrected chi connectivity index (χ1v) is 9.86. The molecule has 0 aliphatic rings. The Morgan fingerprint density at radius 2 is 1.21 bits per heavy atom. The highest BCUT2D eigenvalue weighted by Gasteiger charge is 2.08. The minimum atomic E-state index is -0.334. The number of benzene rings is 3. The molecule has 2 amide bonds. The maximum absolute atomic E-state index is 12.2. The lowest BCUT2D eigenvalue weighted by atomic mass is 10.1. The molecule has 0 saturated heterocycles. The third kappa shape index (κ3) is 5.61. The normalized spacial score (nSPS) is 10.6. The monoisotopic (exact) mass is 499 g/mol. The smallest absolute Gasteiger partial charge is 0.271 e. The lowest BCUT2D eigenvalue weighted by Gasteiger charge is -2.06. The number of rotatable bonds is 5. The van der Waals surface area contributed by atoms with E-state index in [1.165, 1.54) is 0 Å². The molecule has 28 heavy (non-hydrogen) atoms. The molecule has 0 aliphatic carbocycles. The highest BCUT2D eigenvalue weighted by molar-refractivity contribution is 9.10. The molecule has 7 heteroatoms. The van der Waals surface area contributed by atoms with Crippen molar-refractivity contribution in [3.05, 3.63) is 98.4 Å². The number of hydrazone groups is 1. The number of hydrogen-bond donors (Lipinski definition) is 2. The second-order valence-corrected chi connectivity index (χ2v) is 7.62. The molecule has 140 valence electrons. The summed E-state index contributed by atoms with van der Waals surface area (Å²) < 4.78 is 1.88.